The first-order chi connectivity index (χ1) is 8.42. The van der Waals surface area contributed by atoms with Crippen LogP contribution < -0.4 is 5.32 Å². The highest BCUT2D eigenvalue weighted by molar-refractivity contribution is 5.94. The number of aromatic carboxylic acids is 1. The standard InChI is InChI=1S/C14H19NO3/c1-9-4-5-11(13(16)17)12(8-9)15-14(3)6-7-18-10(14)2/h4-5,8,10,15H,6-7H2,1-3H3,(H,16,17). The van der Waals surface area contributed by atoms with Crippen LogP contribution in [0.2, 0.25) is 0 Å². The lowest BCUT2D eigenvalue weighted by Gasteiger charge is -2.31. The van der Waals surface area contributed by atoms with Crippen molar-refractivity contribution in [2.24, 2.45) is 0 Å². The van der Waals surface area contributed by atoms with Crippen molar-refractivity contribution in [3.8, 4) is 0 Å². The molecule has 1 aliphatic rings. The first-order valence-corrected chi connectivity index (χ1v) is 6.16. The molecule has 0 aromatic heterocycles. The lowest BCUT2D eigenvalue weighted by molar-refractivity contribution is 0.0697. The summed E-state index contributed by atoms with van der Waals surface area (Å²) in [4.78, 5) is 11.2. The van der Waals surface area contributed by atoms with E-state index in [9.17, 15) is 9.90 Å². The fourth-order valence-electron chi connectivity index (χ4n) is 2.25. The summed E-state index contributed by atoms with van der Waals surface area (Å²) in [6, 6.07) is 5.33. The topological polar surface area (TPSA) is 58.6 Å². The van der Waals surface area contributed by atoms with Crippen LogP contribution in [0.5, 0.6) is 0 Å². The van der Waals surface area contributed by atoms with Gasteiger partial charge in [-0.05, 0) is 44.9 Å². The molecule has 18 heavy (non-hydrogen) atoms. The number of carboxylic acid groups (broad SMARTS) is 1. The van der Waals surface area contributed by atoms with Gasteiger partial charge < -0.3 is 15.2 Å². The van der Waals surface area contributed by atoms with Crippen molar-refractivity contribution in [2.45, 2.75) is 38.8 Å². The van der Waals surface area contributed by atoms with Crippen LogP contribution in [0.4, 0.5) is 5.69 Å². The molecule has 98 valence electrons. The predicted molar refractivity (Wildman–Crippen MR) is 70.2 cm³/mol. The second kappa shape index (κ2) is 4.61. The molecule has 1 fully saturated rings. The molecule has 0 saturated carbocycles. The Balaban J connectivity index is 2.33. The molecule has 2 rings (SSSR count). The summed E-state index contributed by atoms with van der Waals surface area (Å²) in [6.07, 6.45) is 0.945. The van der Waals surface area contributed by atoms with Gasteiger partial charge in [-0.15, -0.1) is 0 Å². The molecule has 1 heterocycles. The summed E-state index contributed by atoms with van der Waals surface area (Å²) in [5, 5.41) is 12.6. The monoisotopic (exact) mass is 249 g/mol. The van der Waals surface area contributed by atoms with Gasteiger partial charge in [-0.2, -0.15) is 0 Å². The van der Waals surface area contributed by atoms with Crippen LogP contribution in [-0.2, 0) is 4.74 Å². The molecular formula is C14H19NO3. The van der Waals surface area contributed by atoms with Gasteiger partial charge in [0.1, 0.15) is 0 Å². The highest BCUT2D eigenvalue weighted by Crippen LogP contribution is 2.31. The molecule has 2 unspecified atom stereocenters. The van der Waals surface area contributed by atoms with Gasteiger partial charge >= 0.3 is 5.97 Å². The van der Waals surface area contributed by atoms with E-state index >= 15 is 0 Å². The minimum absolute atomic E-state index is 0.0691. The van der Waals surface area contributed by atoms with Crippen LogP contribution >= 0.6 is 0 Å². The summed E-state index contributed by atoms with van der Waals surface area (Å²) >= 11 is 0. The Morgan fingerprint density at radius 2 is 2.28 bits per heavy atom. The summed E-state index contributed by atoms with van der Waals surface area (Å²) in [5.41, 5.74) is 1.80. The number of hydrogen-bond acceptors (Lipinski definition) is 3. The summed E-state index contributed by atoms with van der Waals surface area (Å²) in [7, 11) is 0. The molecule has 1 aliphatic heterocycles. The quantitative estimate of drug-likeness (QED) is 0.864. The third kappa shape index (κ3) is 2.34. The number of nitrogens with one attached hydrogen (secondary N) is 1. The molecule has 2 atom stereocenters. The molecule has 1 saturated heterocycles. The van der Waals surface area contributed by atoms with Crippen LogP contribution in [-0.4, -0.2) is 29.3 Å². The molecule has 0 spiro atoms. The zero-order chi connectivity index (χ0) is 13.3. The number of ether oxygens (including phenoxy) is 1. The molecule has 0 amide bonds. The largest absolute Gasteiger partial charge is 0.478 e. The Morgan fingerprint density at radius 1 is 1.56 bits per heavy atom. The average Bonchev–Trinajstić information content (AvgIpc) is 2.58. The van der Waals surface area contributed by atoms with Crippen LogP contribution in [0.25, 0.3) is 0 Å². The van der Waals surface area contributed by atoms with Gasteiger partial charge in [0, 0.05) is 12.3 Å². The normalized spacial score (nSPS) is 27.2. The molecular weight excluding hydrogens is 230 g/mol. The van der Waals surface area contributed by atoms with Crippen molar-refractivity contribution in [1.29, 1.82) is 0 Å². The molecule has 0 aliphatic carbocycles. The zero-order valence-electron chi connectivity index (χ0n) is 11.0. The maximum absolute atomic E-state index is 11.2. The first-order valence-electron chi connectivity index (χ1n) is 6.16. The van der Waals surface area contributed by atoms with E-state index in [1.807, 2.05) is 26.0 Å². The van der Waals surface area contributed by atoms with Crippen LogP contribution in [0.3, 0.4) is 0 Å². The SMILES string of the molecule is Cc1ccc(C(=O)O)c(NC2(C)CCOC2C)c1. The van der Waals surface area contributed by atoms with E-state index in [1.54, 1.807) is 6.07 Å². The van der Waals surface area contributed by atoms with Crippen molar-refractivity contribution >= 4 is 11.7 Å². The molecule has 0 radical (unpaired) electrons. The predicted octanol–water partition coefficient (Wildman–Crippen LogP) is 2.67. The van der Waals surface area contributed by atoms with Gasteiger partial charge in [0.15, 0.2) is 0 Å². The maximum Gasteiger partial charge on any atom is 0.337 e. The number of benzene rings is 1. The maximum atomic E-state index is 11.2. The van der Waals surface area contributed by atoms with Crippen molar-refractivity contribution in [2.75, 3.05) is 11.9 Å². The number of aryl methyl sites for hydroxylation is 1. The van der Waals surface area contributed by atoms with Crippen molar-refractivity contribution in [3.63, 3.8) is 0 Å². The Kier molecular flexibility index (Phi) is 3.30. The minimum Gasteiger partial charge on any atom is -0.478 e. The van der Waals surface area contributed by atoms with Gasteiger partial charge in [0.05, 0.1) is 17.2 Å². The lowest BCUT2D eigenvalue weighted by Crippen LogP contribution is -2.41. The average molecular weight is 249 g/mol. The number of rotatable bonds is 3. The fourth-order valence-corrected chi connectivity index (χ4v) is 2.25. The van der Waals surface area contributed by atoms with Crippen LogP contribution in [0.1, 0.15) is 36.2 Å². The minimum atomic E-state index is -0.910. The number of carboxylic acids is 1. The molecule has 2 N–H and O–H groups in total. The fraction of sp³-hybridized carbons (Fsp3) is 0.500. The van der Waals surface area contributed by atoms with E-state index in [4.69, 9.17) is 4.74 Å². The third-order valence-electron chi connectivity index (χ3n) is 3.71. The van der Waals surface area contributed by atoms with Gasteiger partial charge in [-0.1, -0.05) is 6.07 Å². The Morgan fingerprint density at radius 3 is 2.83 bits per heavy atom. The smallest absolute Gasteiger partial charge is 0.337 e. The zero-order valence-corrected chi connectivity index (χ0v) is 11.0. The molecule has 1 aromatic rings. The Labute approximate surface area is 107 Å². The number of hydrogen-bond donors (Lipinski definition) is 2. The molecule has 1 aromatic carbocycles. The van der Waals surface area contributed by atoms with Gasteiger partial charge in [0.25, 0.3) is 0 Å². The van der Waals surface area contributed by atoms with Gasteiger partial charge in [-0.3, -0.25) is 0 Å². The van der Waals surface area contributed by atoms with Gasteiger partial charge in [-0.25, -0.2) is 4.79 Å². The van der Waals surface area contributed by atoms with Crippen LogP contribution in [0, 0.1) is 6.92 Å². The van der Waals surface area contributed by atoms with Crippen LogP contribution in [0.15, 0.2) is 18.2 Å². The first kappa shape index (κ1) is 12.9. The summed E-state index contributed by atoms with van der Waals surface area (Å²) < 4.78 is 5.56. The Bertz CT molecular complexity index is 472. The molecule has 4 heteroatoms. The van der Waals surface area contributed by atoms with Crippen molar-refractivity contribution in [3.05, 3.63) is 29.3 Å². The van der Waals surface area contributed by atoms with E-state index in [-0.39, 0.29) is 11.6 Å². The molecule has 0 bridgehead atoms. The van der Waals surface area contributed by atoms with Gasteiger partial charge in [0.2, 0.25) is 0 Å². The number of anilines is 1. The van der Waals surface area contributed by atoms with E-state index in [0.717, 1.165) is 12.0 Å². The summed E-state index contributed by atoms with van der Waals surface area (Å²) in [6.45, 7) is 6.74. The van der Waals surface area contributed by atoms with E-state index < -0.39 is 5.97 Å². The van der Waals surface area contributed by atoms with E-state index in [0.29, 0.717) is 17.9 Å². The lowest BCUT2D eigenvalue weighted by atomic mass is 9.93. The summed E-state index contributed by atoms with van der Waals surface area (Å²) in [5.74, 6) is -0.910. The molecule has 4 nitrogen and oxygen atoms in total. The second-order valence-electron chi connectivity index (χ2n) is 5.16. The van der Waals surface area contributed by atoms with E-state index in [1.165, 1.54) is 0 Å². The van der Waals surface area contributed by atoms with Crippen molar-refractivity contribution < 1.29 is 14.6 Å². The highest BCUT2D eigenvalue weighted by Gasteiger charge is 2.37. The Hall–Kier alpha value is -1.55. The number of carbonyl (C=O) groups is 1. The van der Waals surface area contributed by atoms with Crippen molar-refractivity contribution in [1.82, 2.24) is 0 Å². The second-order valence-corrected chi connectivity index (χ2v) is 5.16. The third-order valence-corrected chi connectivity index (χ3v) is 3.71. The van der Waals surface area contributed by atoms with E-state index in [2.05, 4.69) is 12.2 Å². The highest BCUT2D eigenvalue weighted by atomic mass is 16.5.